The number of nitrogens with one attached hydrogen (secondary N) is 1. The van der Waals surface area contributed by atoms with E-state index >= 15 is 0 Å². The van der Waals surface area contributed by atoms with Crippen LogP contribution in [0.25, 0.3) is 11.0 Å². The second-order valence-electron chi connectivity index (χ2n) is 11.8. The highest BCUT2D eigenvalue weighted by Gasteiger charge is 2.36. The molecular weight excluding hydrogens is 464 g/mol. The largest absolute Gasteiger partial charge is 0.335 e. The highest BCUT2D eigenvalue weighted by molar-refractivity contribution is 5.97. The van der Waals surface area contributed by atoms with E-state index in [0.717, 1.165) is 29.7 Å². The predicted molar refractivity (Wildman–Crippen MR) is 134 cm³/mol. The highest BCUT2D eigenvalue weighted by Crippen LogP contribution is 2.38. The Morgan fingerprint density at radius 1 is 1.03 bits per heavy atom. The molecule has 1 saturated heterocycles. The third-order valence-electron chi connectivity index (χ3n) is 7.70. The summed E-state index contributed by atoms with van der Waals surface area (Å²) in [6.07, 6.45) is 3.02. The number of nitrogens with zero attached hydrogens (tertiary/aromatic N) is 4. The topological polar surface area (TPSA) is 70.5 Å². The Bertz CT molecular complexity index is 1130. The quantitative estimate of drug-likeness (QED) is 0.655. The lowest BCUT2D eigenvalue weighted by Crippen LogP contribution is -2.53. The molecule has 3 fully saturated rings. The Morgan fingerprint density at radius 2 is 1.67 bits per heavy atom. The van der Waals surface area contributed by atoms with E-state index in [1.807, 2.05) is 18.2 Å². The lowest BCUT2D eigenvalue weighted by Gasteiger charge is -2.34. The number of rotatable bonds is 4. The summed E-state index contributed by atoms with van der Waals surface area (Å²) in [7, 11) is 0. The fourth-order valence-corrected chi connectivity index (χ4v) is 5.35. The molecule has 196 valence electrons. The summed E-state index contributed by atoms with van der Waals surface area (Å²) < 4.78 is 29.6. The van der Waals surface area contributed by atoms with Crippen LogP contribution >= 0.6 is 0 Å². The first-order valence-corrected chi connectivity index (χ1v) is 13.2. The SMILES string of the molecule is CC(C)(C)c1nc2cc(C(=O)N3CCN(C(=O)NC4CC4)CC3)ccc2n1CC1CCC(F)(F)CC1. The molecule has 1 N–H and O–H groups in total. The number of carbonyl (C=O) groups is 2. The van der Waals surface area contributed by atoms with E-state index in [2.05, 4.69) is 30.7 Å². The van der Waals surface area contributed by atoms with Gasteiger partial charge in [0.2, 0.25) is 5.92 Å². The molecule has 2 heterocycles. The number of benzene rings is 1. The number of imidazole rings is 1. The lowest BCUT2D eigenvalue weighted by molar-refractivity contribution is -0.0473. The molecule has 0 spiro atoms. The summed E-state index contributed by atoms with van der Waals surface area (Å²) in [6.45, 7) is 9.02. The van der Waals surface area contributed by atoms with E-state index in [-0.39, 0.29) is 36.1 Å². The maximum absolute atomic E-state index is 13.7. The van der Waals surface area contributed by atoms with E-state index in [4.69, 9.17) is 4.98 Å². The summed E-state index contributed by atoms with van der Waals surface area (Å²) in [4.78, 5) is 34.1. The van der Waals surface area contributed by atoms with Crippen molar-refractivity contribution in [3.05, 3.63) is 29.6 Å². The molecule has 7 nitrogen and oxygen atoms in total. The minimum Gasteiger partial charge on any atom is -0.335 e. The van der Waals surface area contributed by atoms with Crippen LogP contribution in [0.15, 0.2) is 18.2 Å². The van der Waals surface area contributed by atoms with E-state index in [0.29, 0.717) is 57.2 Å². The van der Waals surface area contributed by atoms with Gasteiger partial charge >= 0.3 is 6.03 Å². The van der Waals surface area contributed by atoms with Crippen molar-refractivity contribution in [2.75, 3.05) is 26.2 Å². The van der Waals surface area contributed by atoms with Crippen LogP contribution in [0, 0.1) is 5.92 Å². The molecule has 5 rings (SSSR count). The van der Waals surface area contributed by atoms with Crippen molar-refractivity contribution in [3.63, 3.8) is 0 Å². The van der Waals surface area contributed by atoms with Crippen LogP contribution in [0.5, 0.6) is 0 Å². The van der Waals surface area contributed by atoms with Gasteiger partial charge in [-0.3, -0.25) is 4.79 Å². The van der Waals surface area contributed by atoms with Gasteiger partial charge in [0.1, 0.15) is 5.82 Å². The predicted octanol–water partition coefficient (Wildman–Crippen LogP) is 4.79. The normalized spacial score (nSPS) is 21.1. The zero-order chi connectivity index (χ0) is 25.7. The summed E-state index contributed by atoms with van der Waals surface area (Å²) in [5.41, 5.74) is 2.06. The second kappa shape index (κ2) is 9.30. The van der Waals surface area contributed by atoms with Gasteiger partial charge in [-0.2, -0.15) is 0 Å². The number of halogens is 2. The van der Waals surface area contributed by atoms with Crippen LogP contribution in [0.2, 0.25) is 0 Å². The Balaban J connectivity index is 1.31. The number of amides is 3. The molecule has 2 saturated carbocycles. The van der Waals surface area contributed by atoms with Gasteiger partial charge in [0, 0.05) is 62.6 Å². The van der Waals surface area contributed by atoms with Crippen LogP contribution in [0.3, 0.4) is 0 Å². The van der Waals surface area contributed by atoms with Gasteiger partial charge in [-0.15, -0.1) is 0 Å². The molecule has 0 unspecified atom stereocenters. The minimum atomic E-state index is -2.54. The summed E-state index contributed by atoms with van der Waals surface area (Å²) in [5, 5.41) is 3.01. The molecular formula is C27H37F2N5O2. The van der Waals surface area contributed by atoms with Crippen molar-refractivity contribution >= 4 is 23.0 Å². The molecule has 0 radical (unpaired) electrons. The summed E-state index contributed by atoms with van der Waals surface area (Å²) in [6, 6.07) is 5.93. The smallest absolute Gasteiger partial charge is 0.317 e. The van der Waals surface area contributed by atoms with Crippen LogP contribution in [0.1, 0.15) is 75.5 Å². The highest BCUT2D eigenvalue weighted by atomic mass is 19.3. The molecule has 0 atom stereocenters. The van der Waals surface area contributed by atoms with Crippen molar-refractivity contribution in [2.24, 2.45) is 5.92 Å². The van der Waals surface area contributed by atoms with Gasteiger partial charge < -0.3 is 19.7 Å². The molecule has 3 amide bonds. The number of hydrogen-bond acceptors (Lipinski definition) is 3. The third-order valence-corrected chi connectivity index (χ3v) is 7.70. The molecule has 1 aliphatic heterocycles. The number of urea groups is 1. The van der Waals surface area contributed by atoms with Crippen LogP contribution < -0.4 is 5.32 Å². The molecule has 1 aromatic carbocycles. The van der Waals surface area contributed by atoms with E-state index < -0.39 is 5.92 Å². The Morgan fingerprint density at radius 3 is 2.28 bits per heavy atom. The molecule has 9 heteroatoms. The average molecular weight is 502 g/mol. The van der Waals surface area contributed by atoms with E-state index in [1.54, 1.807) is 9.80 Å². The van der Waals surface area contributed by atoms with Gasteiger partial charge in [0.25, 0.3) is 5.91 Å². The zero-order valence-electron chi connectivity index (χ0n) is 21.5. The maximum Gasteiger partial charge on any atom is 0.317 e. The standard InChI is InChI=1S/C27H37F2N5O2/c1-26(2,3)24-31-21-16-19(4-7-22(21)34(24)17-18-8-10-27(28,29)11-9-18)23(35)32-12-14-33(15-13-32)25(36)30-20-5-6-20/h4,7,16,18,20H,5-6,8-15,17H2,1-3H3,(H,30,36). The molecule has 0 bridgehead atoms. The number of hydrogen-bond donors (Lipinski definition) is 1. The van der Waals surface area contributed by atoms with E-state index in [9.17, 15) is 18.4 Å². The molecule has 36 heavy (non-hydrogen) atoms. The first kappa shape index (κ1) is 25.0. The van der Waals surface area contributed by atoms with Crippen LogP contribution in [0.4, 0.5) is 13.6 Å². The second-order valence-corrected chi connectivity index (χ2v) is 11.8. The van der Waals surface area contributed by atoms with Gasteiger partial charge in [0.15, 0.2) is 0 Å². The average Bonchev–Trinajstić information content (AvgIpc) is 3.57. The van der Waals surface area contributed by atoms with Gasteiger partial charge in [-0.25, -0.2) is 18.6 Å². The van der Waals surface area contributed by atoms with Crippen molar-refractivity contribution in [3.8, 4) is 0 Å². The molecule has 3 aliphatic rings. The lowest BCUT2D eigenvalue weighted by atomic mass is 9.86. The number of fused-ring (bicyclic) bond motifs is 1. The monoisotopic (exact) mass is 501 g/mol. The number of carbonyl (C=O) groups excluding carboxylic acids is 2. The van der Waals surface area contributed by atoms with E-state index in [1.165, 1.54) is 0 Å². The van der Waals surface area contributed by atoms with Crippen LogP contribution in [-0.4, -0.2) is 69.4 Å². The third kappa shape index (κ3) is 5.34. The molecule has 2 aliphatic carbocycles. The Kier molecular flexibility index (Phi) is 6.45. The first-order valence-electron chi connectivity index (χ1n) is 13.2. The summed E-state index contributed by atoms with van der Waals surface area (Å²) >= 11 is 0. The van der Waals surface area contributed by atoms with Crippen molar-refractivity contribution in [1.29, 1.82) is 0 Å². The Labute approximate surface area is 211 Å². The fraction of sp³-hybridized carbons (Fsp3) is 0.667. The van der Waals surface area contributed by atoms with Crippen molar-refractivity contribution in [2.45, 2.75) is 83.2 Å². The summed E-state index contributed by atoms with van der Waals surface area (Å²) in [5.74, 6) is -1.49. The number of aromatic nitrogens is 2. The van der Waals surface area contributed by atoms with Gasteiger partial charge in [0.05, 0.1) is 11.0 Å². The molecule has 1 aromatic heterocycles. The maximum atomic E-state index is 13.7. The van der Waals surface area contributed by atoms with Crippen LogP contribution in [-0.2, 0) is 12.0 Å². The van der Waals surface area contributed by atoms with Gasteiger partial charge in [-0.1, -0.05) is 20.8 Å². The zero-order valence-corrected chi connectivity index (χ0v) is 21.5. The fourth-order valence-electron chi connectivity index (χ4n) is 5.35. The Hall–Kier alpha value is -2.71. The molecule has 2 aromatic rings. The first-order chi connectivity index (χ1) is 17.0. The van der Waals surface area contributed by atoms with Crippen molar-refractivity contribution in [1.82, 2.24) is 24.7 Å². The minimum absolute atomic E-state index is 0.0343. The number of piperazine rings is 1. The number of alkyl halides is 2. The van der Waals surface area contributed by atoms with Crippen molar-refractivity contribution < 1.29 is 18.4 Å². The van der Waals surface area contributed by atoms with Gasteiger partial charge in [-0.05, 0) is 49.8 Å².